The molecule has 0 aliphatic carbocycles. The van der Waals surface area contributed by atoms with Gasteiger partial charge < -0.3 is 14.4 Å². The highest BCUT2D eigenvalue weighted by molar-refractivity contribution is 5.95. The second kappa shape index (κ2) is 7.14. The lowest BCUT2D eigenvalue weighted by Crippen LogP contribution is -2.39. The Morgan fingerprint density at radius 1 is 1.16 bits per heavy atom. The zero-order valence-corrected chi connectivity index (χ0v) is 16.6. The van der Waals surface area contributed by atoms with Gasteiger partial charge in [-0.2, -0.15) is 18.3 Å². The average Bonchev–Trinajstić information content (AvgIpc) is 3.38. The quantitative estimate of drug-likeness (QED) is 0.616. The number of fused-ring (bicyclic) bond motifs is 2. The molecule has 0 N–H and O–H groups in total. The van der Waals surface area contributed by atoms with Crippen LogP contribution in [0.4, 0.5) is 13.2 Å². The third kappa shape index (κ3) is 3.55. The Hall–Kier alpha value is -3.30. The fraction of sp³-hybridized carbons (Fsp3) is 0.381. The summed E-state index contributed by atoms with van der Waals surface area (Å²) in [6.45, 7) is 2.59. The second-order valence-corrected chi connectivity index (χ2v) is 7.78. The lowest BCUT2D eigenvalue weighted by atomic mass is 9.94. The Morgan fingerprint density at radius 2 is 1.97 bits per heavy atom. The van der Waals surface area contributed by atoms with Gasteiger partial charge in [0.1, 0.15) is 5.69 Å². The van der Waals surface area contributed by atoms with E-state index in [2.05, 4.69) is 10.1 Å². The van der Waals surface area contributed by atoms with Crippen molar-refractivity contribution in [1.82, 2.24) is 19.5 Å². The van der Waals surface area contributed by atoms with E-state index in [1.165, 1.54) is 6.92 Å². The number of aromatic nitrogens is 3. The molecule has 1 atom stereocenters. The first-order valence-corrected chi connectivity index (χ1v) is 9.93. The lowest BCUT2D eigenvalue weighted by Gasteiger charge is -2.32. The van der Waals surface area contributed by atoms with E-state index in [4.69, 9.17) is 9.47 Å². The number of ether oxygens (including phenoxy) is 2. The zero-order valence-electron chi connectivity index (χ0n) is 16.6. The predicted octanol–water partition coefficient (Wildman–Crippen LogP) is 3.81. The van der Waals surface area contributed by atoms with Gasteiger partial charge in [0.2, 0.25) is 6.79 Å². The Kier molecular flexibility index (Phi) is 4.53. The molecule has 1 fully saturated rings. The third-order valence-corrected chi connectivity index (χ3v) is 5.61. The van der Waals surface area contributed by atoms with Crippen LogP contribution in [-0.2, 0) is 6.18 Å². The number of carbonyl (C=O) groups is 1. The van der Waals surface area contributed by atoms with E-state index in [0.29, 0.717) is 35.8 Å². The molecule has 0 spiro atoms. The molecule has 0 saturated carbocycles. The van der Waals surface area contributed by atoms with Crippen LogP contribution in [0.1, 0.15) is 46.2 Å². The molecule has 0 unspecified atom stereocenters. The second-order valence-electron chi connectivity index (χ2n) is 7.78. The van der Waals surface area contributed by atoms with Crippen LogP contribution in [0, 0.1) is 6.92 Å². The summed E-state index contributed by atoms with van der Waals surface area (Å²) in [5.41, 5.74) is 0.560. The van der Waals surface area contributed by atoms with Gasteiger partial charge in [-0.1, -0.05) is 0 Å². The summed E-state index contributed by atoms with van der Waals surface area (Å²) in [6, 6.07) is 7.61. The average molecular weight is 432 g/mol. The van der Waals surface area contributed by atoms with Crippen LogP contribution in [-0.4, -0.2) is 45.3 Å². The molecule has 162 valence electrons. The molecule has 4 heterocycles. The van der Waals surface area contributed by atoms with Crippen LogP contribution < -0.4 is 9.47 Å². The third-order valence-electron chi connectivity index (χ3n) is 5.61. The Labute approximate surface area is 175 Å². The molecular weight excluding hydrogens is 413 g/mol. The van der Waals surface area contributed by atoms with E-state index in [0.717, 1.165) is 23.4 Å². The number of aryl methyl sites for hydroxylation is 1. The van der Waals surface area contributed by atoms with Crippen molar-refractivity contribution in [3.05, 3.63) is 53.0 Å². The van der Waals surface area contributed by atoms with Gasteiger partial charge in [0.25, 0.3) is 5.91 Å². The first kappa shape index (κ1) is 19.7. The summed E-state index contributed by atoms with van der Waals surface area (Å²) < 4.78 is 51.8. The smallest absolute Gasteiger partial charge is 0.433 e. The molecular formula is C21H19F3N4O3. The molecule has 10 heteroatoms. The van der Waals surface area contributed by atoms with E-state index in [1.54, 1.807) is 29.2 Å². The van der Waals surface area contributed by atoms with Gasteiger partial charge in [0, 0.05) is 36.3 Å². The summed E-state index contributed by atoms with van der Waals surface area (Å²) in [6.07, 6.45) is -3.08. The Balaban J connectivity index is 1.41. The van der Waals surface area contributed by atoms with Gasteiger partial charge in [0.05, 0.1) is 5.69 Å². The van der Waals surface area contributed by atoms with Gasteiger partial charge in [-0.05, 0) is 44.0 Å². The van der Waals surface area contributed by atoms with Crippen LogP contribution in [0.3, 0.4) is 0 Å². The maximum absolute atomic E-state index is 13.4. The van der Waals surface area contributed by atoms with Crippen LogP contribution >= 0.6 is 0 Å². The molecule has 1 aromatic carbocycles. The Morgan fingerprint density at radius 3 is 2.77 bits per heavy atom. The lowest BCUT2D eigenvalue weighted by molar-refractivity contribution is -0.142. The van der Waals surface area contributed by atoms with Crippen molar-refractivity contribution in [1.29, 1.82) is 0 Å². The van der Waals surface area contributed by atoms with E-state index >= 15 is 0 Å². The summed E-state index contributed by atoms with van der Waals surface area (Å²) in [5.74, 6) is 0.799. The topological polar surface area (TPSA) is 69.0 Å². The highest BCUT2D eigenvalue weighted by atomic mass is 19.4. The number of amides is 1. The minimum Gasteiger partial charge on any atom is -0.454 e. The van der Waals surface area contributed by atoms with Gasteiger partial charge in [-0.25, -0.2) is 9.50 Å². The van der Waals surface area contributed by atoms with Crippen LogP contribution in [0.2, 0.25) is 0 Å². The number of nitrogens with zero attached hydrogens (tertiary/aromatic N) is 4. The fourth-order valence-electron chi connectivity index (χ4n) is 4.13. The largest absolute Gasteiger partial charge is 0.454 e. The van der Waals surface area contributed by atoms with Gasteiger partial charge in [-0.15, -0.1) is 0 Å². The first-order chi connectivity index (χ1) is 14.8. The minimum atomic E-state index is -4.54. The van der Waals surface area contributed by atoms with Gasteiger partial charge in [-0.3, -0.25) is 4.79 Å². The molecule has 2 aliphatic rings. The van der Waals surface area contributed by atoms with Crippen LogP contribution in [0.5, 0.6) is 11.5 Å². The van der Waals surface area contributed by atoms with Crippen molar-refractivity contribution in [2.75, 3.05) is 19.9 Å². The van der Waals surface area contributed by atoms with Crippen molar-refractivity contribution in [2.45, 2.75) is 31.9 Å². The highest BCUT2D eigenvalue weighted by Gasteiger charge is 2.36. The minimum absolute atomic E-state index is 0.125. The molecule has 1 saturated heterocycles. The Bertz CT molecular complexity index is 1170. The number of hydrogen-bond donors (Lipinski definition) is 0. The molecule has 0 radical (unpaired) electrons. The number of halogens is 3. The number of benzene rings is 1. The number of piperidine rings is 1. The molecule has 31 heavy (non-hydrogen) atoms. The summed E-state index contributed by atoms with van der Waals surface area (Å²) >= 11 is 0. The zero-order chi connectivity index (χ0) is 21.8. The van der Waals surface area contributed by atoms with Crippen molar-refractivity contribution in [3.8, 4) is 11.5 Å². The molecule has 2 aliphatic heterocycles. The van der Waals surface area contributed by atoms with E-state index in [-0.39, 0.29) is 30.0 Å². The predicted molar refractivity (Wildman–Crippen MR) is 103 cm³/mol. The van der Waals surface area contributed by atoms with Crippen molar-refractivity contribution in [2.24, 2.45) is 0 Å². The fourth-order valence-corrected chi connectivity index (χ4v) is 4.13. The van der Waals surface area contributed by atoms with Crippen LogP contribution in [0.15, 0.2) is 30.3 Å². The molecule has 5 rings (SSSR count). The van der Waals surface area contributed by atoms with Gasteiger partial charge in [0.15, 0.2) is 17.1 Å². The summed E-state index contributed by atoms with van der Waals surface area (Å²) in [4.78, 5) is 18.9. The van der Waals surface area contributed by atoms with E-state index < -0.39 is 11.9 Å². The van der Waals surface area contributed by atoms with Gasteiger partial charge >= 0.3 is 6.18 Å². The number of likely N-dealkylation sites (tertiary alicyclic amines) is 1. The maximum Gasteiger partial charge on any atom is 0.433 e. The number of alkyl halides is 3. The summed E-state index contributed by atoms with van der Waals surface area (Å²) in [5, 5.41) is 4.22. The highest BCUT2D eigenvalue weighted by Crippen LogP contribution is 2.35. The van der Waals surface area contributed by atoms with Crippen molar-refractivity contribution >= 4 is 11.6 Å². The normalized spacial score (nSPS) is 18.6. The van der Waals surface area contributed by atoms with Crippen molar-refractivity contribution in [3.63, 3.8) is 0 Å². The number of rotatable bonds is 2. The van der Waals surface area contributed by atoms with E-state index in [9.17, 15) is 18.0 Å². The standard InChI is InChI=1S/C21H19F3N4O3/c1-12-7-18(21(22,23)24)28-19(25-12)9-15(26-28)14-3-2-6-27(10-14)20(29)13-4-5-16-17(8-13)31-11-30-16/h4-5,7-9,14H,2-3,6,10-11H2,1H3/t14-/m1/s1. The summed E-state index contributed by atoms with van der Waals surface area (Å²) in [7, 11) is 0. The SMILES string of the molecule is Cc1cc(C(F)(F)F)n2nc([C@@H]3CCCN(C(=O)c4ccc5c(c4)OCO5)C3)cc2n1. The molecule has 1 amide bonds. The molecule has 7 nitrogen and oxygen atoms in total. The molecule has 0 bridgehead atoms. The molecule has 2 aromatic heterocycles. The monoisotopic (exact) mass is 432 g/mol. The molecule has 3 aromatic rings. The van der Waals surface area contributed by atoms with Crippen molar-refractivity contribution < 1.29 is 27.4 Å². The van der Waals surface area contributed by atoms with E-state index in [1.807, 2.05) is 0 Å². The number of carbonyl (C=O) groups excluding carboxylic acids is 1. The van der Waals surface area contributed by atoms with Crippen LogP contribution in [0.25, 0.3) is 5.65 Å². The number of hydrogen-bond acceptors (Lipinski definition) is 5. The maximum atomic E-state index is 13.4. The first-order valence-electron chi connectivity index (χ1n) is 9.93.